The molecule has 128 valence electrons. The molecule has 1 heterocycles. The second kappa shape index (κ2) is 6.94. The van der Waals surface area contributed by atoms with Gasteiger partial charge in [-0.3, -0.25) is 4.99 Å². The molecule has 0 aliphatic heterocycles. The topological polar surface area (TPSA) is 38.4 Å². The summed E-state index contributed by atoms with van der Waals surface area (Å²) in [6.07, 6.45) is 1.71. The van der Waals surface area contributed by atoms with Crippen molar-refractivity contribution in [3.8, 4) is 11.5 Å². The smallest absolute Gasteiger partial charge is 0.227 e. The lowest BCUT2D eigenvalue weighted by atomic mass is 10.1. The SMILES string of the molecule is Cc1ccc(-c2nc3cc(N=Cc4ccc(Cl)cc4Cl)ccc3o2)cc1. The van der Waals surface area contributed by atoms with Crippen LogP contribution in [0.4, 0.5) is 5.69 Å². The zero-order valence-electron chi connectivity index (χ0n) is 13.9. The van der Waals surface area contributed by atoms with E-state index < -0.39 is 0 Å². The molecule has 0 saturated heterocycles. The third kappa shape index (κ3) is 3.50. The summed E-state index contributed by atoms with van der Waals surface area (Å²) in [5.74, 6) is 0.599. The van der Waals surface area contributed by atoms with Crippen molar-refractivity contribution in [1.82, 2.24) is 4.98 Å². The van der Waals surface area contributed by atoms with Crippen LogP contribution in [0.1, 0.15) is 11.1 Å². The highest BCUT2D eigenvalue weighted by Crippen LogP contribution is 2.27. The number of hydrogen-bond donors (Lipinski definition) is 0. The van der Waals surface area contributed by atoms with Gasteiger partial charge in [0.15, 0.2) is 5.58 Å². The van der Waals surface area contributed by atoms with Crippen LogP contribution in [0.15, 0.2) is 70.1 Å². The van der Waals surface area contributed by atoms with Gasteiger partial charge in [-0.15, -0.1) is 0 Å². The van der Waals surface area contributed by atoms with Crippen molar-refractivity contribution in [3.63, 3.8) is 0 Å². The van der Waals surface area contributed by atoms with Crippen LogP contribution in [0.5, 0.6) is 0 Å². The van der Waals surface area contributed by atoms with Crippen molar-refractivity contribution in [2.75, 3.05) is 0 Å². The first-order valence-electron chi connectivity index (χ1n) is 8.05. The van der Waals surface area contributed by atoms with Gasteiger partial charge in [-0.05, 0) is 49.4 Å². The van der Waals surface area contributed by atoms with E-state index >= 15 is 0 Å². The van der Waals surface area contributed by atoms with E-state index in [1.165, 1.54) is 5.56 Å². The lowest BCUT2D eigenvalue weighted by Crippen LogP contribution is -1.82. The molecule has 3 aromatic carbocycles. The van der Waals surface area contributed by atoms with Gasteiger partial charge in [-0.2, -0.15) is 0 Å². The highest BCUT2D eigenvalue weighted by Gasteiger charge is 2.08. The highest BCUT2D eigenvalue weighted by atomic mass is 35.5. The molecule has 0 aliphatic carbocycles. The fourth-order valence-electron chi connectivity index (χ4n) is 2.57. The predicted molar refractivity (Wildman–Crippen MR) is 108 cm³/mol. The van der Waals surface area contributed by atoms with E-state index in [9.17, 15) is 0 Å². The molecule has 3 nitrogen and oxygen atoms in total. The molecule has 0 bridgehead atoms. The summed E-state index contributed by atoms with van der Waals surface area (Å²) in [7, 11) is 0. The normalized spacial score (nSPS) is 11.5. The Hall–Kier alpha value is -2.62. The molecule has 4 aromatic rings. The summed E-state index contributed by atoms with van der Waals surface area (Å²) >= 11 is 12.1. The first-order chi connectivity index (χ1) is 12.6. The van der Waals surface area contributed by atoms with Crippen molar-refractivity contribution >= 4 is 46.2 Å². The minimum Gasteiger partial charge on any atom is -0.436 e. The molecular weight excluding hydrogens is 367 g/mol. The number of aryl methyl sites for hydroxylation is 1. The zero-order chi connectivity index (χ0) is 18.1. The molecule has 5 heteroatoms. The van der Waals surface area contributed by atoms with Gasteiger partial charge in [-0.1, -0.05) is 47.0 Å². The van der Waals surface area contributed by atoms with Gasteiger partial charge in [0.1, 0.15) is 5.52 Å². The van der Waals surface area contributed by atoms with Gasteiger partial charge in [0.25, 0.3) is 0 Å². The lowest BCUT2D eigenvalue weighted by Gasteiger charge is -1.98. The number of oxazole rings is 1. The van der Waals surface area contributed by atoms with Crippen LogP contribution in [-0.2, 0) is 0 Å². The molecule has 0 N–H and O–H groups in total. The number of fused-ring (bicyclic) bond motifs is 1. The Morgan fingerprint density at radius 2 is 1.77 bits per heavy atom. The van der Waals surface area contributed by atoms with Gasteiger partial charge in [-0.25, -0.2) is 4.98 Å². The molecule has 1 aromatic heterocycles. The predicted octanol–water partition coefficient (Wildman–Crippen LogP) is 6.86. The summed E-state index contributed by atoms with van der Waals surface area (Å²) in [5.41, 5.74) is 5.21. The Morgan fingerprint density at radius 3 is 2.54 bits per heavy atom. The summed E-state index contributed by atoms with van der Waals surface area (Å²) in [6.45, 7) is 2.05. The Balaban J connectivity index is 1.65. The van der Waals surface area contributed by atoms with Crippen molar-refractivity contribution in [1.29, 1.82) is 0 Å². The Labute approximate surface area is 160 Å². The number of benzene rings is 3. The van der Waals surface area contributed by atoms with E-state index in [4.69, 9.17) is 27.6 Å². The standard InChI is InChI=1S/C21H14Cl2N2O/c1-13-2-4-14(5-3-13)21-25-19-11-17(8-9-20(19)26-21)24-12-15-6-7-16(22)10-18(15)23/h2-12H,1H3. The summed E-state index contributed by atoms with van der Waals surface area (Å²) in [4.78, 5) is 9.05. The average molecular weight is 381 g/mol. The van der Waals surface area contributed by atoms with Crippen molar-refractivity contribution < 1.29 is 4.42 Å². The summed E-state index contributed by atoms with van der Waals surface area (Å²) in [5, 5.41) is 1.16. The van der Waals surface area contributed by atoms with Gasteiger partial charge < -0.3 is 4.42 Å². The second-order valence-electron chi connectivity index (χ2n) is 5.96. The average Bonchev–Trinajstić information content (AvgIpc) is 3.05. The van der Waals surface area contributed by atoms with Crippen molar-refractivity contribution in [2.45, 2.75) is 6.92 Å². The highest BCUT2D eigenvalue weighted by molar-refractivity contribution is 6.36. The zero-order valence-corrected chi connectivity index (χ0v) is 15.4. The van der Waals surface area contributed by atoms with E-state index in [1.807, 2.05) is 55.5 Å². The maximum Gasteiger partial charge on any atom is 0.227 e. The molecule has 0 fully saturated rings. The fourth-order valence-corrected chi connectivity index (χ4v) is 3.02. The molecule has 0 unspecified atom stereocenters. The number of aliphatic imine (C=N–C) groups is 1. The molecule has 0 radical (unpaired) electrons. The number of rotatable bonds is 3. The summed E-state index contributed by atoms with van der Waals surface area (Å²) in [6, 6.07) is 19.0. The first-order valence-corrected chi connectivity index (χ1v) is 8.81. The Bertz CT molecular complexity index is 1110. The van der Waals surface area contributed by atoms with Crippen LogP contribution in [0.25, 0.3) is 22.6 Å². The maximum absolute atomic E-state index is 6.17. The first kappa shape index (κ1) is 16.8. The largest absolute Gasteiger partial charge is 0.436 e. The van der Waals surface area contributed by atoms with Gasteiger partial charge in [0.05, 0.1) is 10.7 Å². The molecule has 0 saturated carbocycles. The van der Waals surface area contributed by atoms with Crippen LogP contribution in [-0.4, -0.2) is 11.2 Å². The number of aromatic nitrogens is 1. The molecule has 0 atom stereocenters. The number of nitrogens with zero attached hydrogens (tertiary/aromatic N) is 2. The third-order valence-electron chi connectivity index (χ3n) is 3.98. The van der Waals surface area contributed by atoms with Crippen molar-refractivity contribution in [3.05, 3.63) is 81.8 Å². The van der Waals surface area contributed by atoms with Crippen LogP contribution in [0.3, 0.4) is 0 Å². The van der Waals surface area contributed by atoms with E-state index in [0.717, 1.165) is 27.9 Å². The molecule has 0 spiro atoms. The Kier molecular flexibility index (Phi) is 4.49. The molecule has 4 rings (SSSR count). The second-order valence-corrected chi connectivity index (χ2v) is 6.80. The van der Waals surface area contributed by atoms with Gasteiger partial charge in [0, 0.05) is 22.4 Å². The number of hydrogen-bond acceptors (Lipinski definition) is 3. The molecular formula is C21H14Cl2N2O. The molecule has 26 heavy (non-hydrogen) atoms. The monoisotopic (exact) mass is 380 g/mol. The fraction of sp³-hybridized carbons (Fsp3) is 0.0476. The molecule has 0 amide bonds. The van der Waals surface area contributed by atoms with Crippen LogP contribution >= 0.6 is 23.2 Å². The van der Waals surface area contributed by atoms with E-state index in [-0.39, 0.29) is 0 Å². The third-order valence-corrected chi connectivity index (χ3v) is 4.55. The van der Waals surface area contributed by atoms with Crippen molar-refractivity contribution in [2.24, 2.45) is 4.99 Å². The van der Waals surface area contributed by atoms with E-state index in [2.05, 4.69) is 9.98 Å². The van der Waals surface area contributed by atoms with Gasteiger partial charge >= 0.3 is 0 Å². The van der Waals surface area contributed by atoms with E-state index in [1.54, 1.807) is 18.3 Å². The maximum atomic E-state index is 6.17. The summed E-state index contributed by atoms with van der Waals surface area (Å²) < 4.78 is 5.85. The van der Waals surface area contributed by atoms with Crippen LogP contribution < -0.4 is 0 Å². The lowest BCUT2D eigenvalue weighted by molar-refractivity contribution is 0.620. The van der Waals surface area contributed by atoms with Crippen LogP contribution in [0.2, 0.25) is 10.0 Å². The number of halogens is 2. The van der Waals surface area contributed by atoms with Gasteiger partial charge in [0.2, 0.25) is 5.89 Å². The van der Waals surface area contributed by atoms with E-state index in [0.29, 0.717) is 15.9 Å². The quantitative estimate of drug-likeness (QED) is 0.364. The minimum atomic E-state index is 0.561. The minimum absolute atomic E-state index is 0.561. The van der Waals surface area contributed by atoms with Crippen LogP contribution in [0, 0.1) is 6.92 Å². The molecule has 0 aliphatic rings. The Morgan fingerprint density at radius 1 is 0.962 bits per heavy atom.